The highest BCUT2D eigenvalue weighted by atomic mass is 16.5. The third-order valence-electron chi connectivity index (χ3n) is 3.41. The van der Waals surface area contributed by atoms with E-state index in [1.54, 1.807) is 12.4 Å². The van der Waals surface area contributed by atoms with E-state index in [-0.39, 0.29) is 0 Å². The number of benzene rings is 1. The molecule has 1 aliphatic rings. The maximum atomic E-state index is 5.72. The highest BCUT2D eigenvalue weighted by molar-refractivity contribution is 5.99. The van der Waals surface area contributed by atoms with Gasteiger partial charge in [0.2, 0.25) is 0 Å². The van der Waals surface area contributed by atoms with Crippen LogP contribution in [-0.2, 0) is 18.0 Å². The summed E-state index contributed by atoms with van der Waals surface area (Å²) in [5.74, 6) is 1.01. The summed E-state index contributed by atoms with van der Waals surface area (Å²) in [5.41, 5.74) is 3.46. The molecule has 4 heteroatoms. The van der Waals surface area contributed by atoms with E-state index in [0.29, 0.717) is 13.2 Å². The topological polar surface area (TPSA) is 46.5 Å². The van der Waals surface area contributed by atoms with Gasteiger partial charge in [-0.15, -0.1) is 0 Å². The number of hydrogen-bond donors (Lipinski definition) is 1. The number of nitrogens with zero attached hydrogens (tertiary/aromatic N) is 2. The number of hydrogen-bond acceptors (Lipinski definition) is 4. The first-order valence-corrected chi connectivity index (χ1v) is 7.26. The van der Waals surface area contributed by atoms with Gasteiger partial charge in [-0.1, -0.05) is 24.3 Å². The van der Waals surface area contributed by atoms with Gasteiger partial charge in [-0.05, 0) is 29.7 Å². The van der Waals surface area contributed by atoms with Gasteiger partial charge in [-0.3, -0.25) is 9.98 Å². The van der Waals surface area contributed by atoms with Gasteiger partial charge in [-0.25, -0.2) is 0 Å². The first kappa shape index (κ1) is 13.8. The summed E-state index contributed by atoms with van der Waals surface area (Å²) in [4.78, 5) is 8.49. The third kappa shape index (κ3) is 3.89. The first-order valence-electron chi connectivity index (χ1n) is 7.26. The van der Waals surface area contributed by atoms with E-state index in [2.05, 4.69) is 39.6 Å². The Morgan fingerprint density at radius 2 is 1.67 bits per heavy atom. The zero-order valence-electron chi connectivity index (χ0n) is 12.0. The molecule has 0 bridgehead atoms. The van der Waals surface area contributed by atoms with E-state index in [4.69, 9.17) is 4.74 Å². The predicted octanol–water partition coefficient (Wildman–Crippen LogP) is 2.54. The van der Waals surface area contributed by atoms with E-state index >= 15 is 0 Å². The summed E-state index contributed by atoms with van der Waals surface area (Å²) < 4.78 is 5.72. The second-order valence-electron chi connectivity index (χ2n) is 5.06. The monoisotopic (exact) mass is 281 g/mol. The van der Waals surface area contributed by atoms with E-state index in [0.717, 1.165) is 36.5 Å². The Balaban J connectivity index is 1.54. The lowest BCUT2D eigenvalue weighted by Gasteiger charge is -2.14. The van der Waals surface area contributed by atoms with Gasteiger partial charge in [-0.2, -0.15) is 0 Å². The molecule has 0 atom stereocenters. The summed E-state index contributed by atoms with van der Waals surface area (Å²) in [7, 11) is 0. The minimum absolute atomic E-state index is 0.610. The van der Waals surface area contributed by atoms with Crippen molar-refractivity contribution in [2.45, 2.75) is 19.6 Å². The van der Waals surface area contributed by atoms with Crippen LogP contribution in [0.1, 0.15) is 23.1 Å². The fraction of sp³-hybridized carbons (Fsp3) is 0.294. The van der Waals surface area contributed by atoms with Crippen molar-refractivity contribution in [2.24, 2.45) is 4.99 Å². The maximum Gasteiger partial charge on any atom is 0.128 e. The van der Waals surface area contributed by atoms with Crippen LogP contribution in [0.2, 0.25) is 0 Å². The largest absolute Gasteiger partial charge is 0.372 e. The zero-order chi connectivity index (χ0) is 14.3. The Morgan fingerprint density at radius 1 is 0.952 bits per heavy atom. The van der Waals surface area contributed by atoms with Gasteiger partial charge in [0.25, 0.3) is 0 Å². The van der Waals surface area contributed by atoms with Crippen molar-refractivity contribution < 1.29 is 4.74 Å². The average Bonchev–Trinajstić information content (AvgIpc) is 2.57. The minimum Gasteiger partial charge on any atom is -0.372 e. The lowest BCUT2D eigenvalue weighted by atomic mass is 10.1. The highest BCUT2D eigenvalue weighted by Gasteiger charge is 2.06. The minimum atomic E-state index is 0.610. The number of pyridine rings is 1. The molecule has 1 aromatic heterocycles. The van der Waals surface area contributed by atoms with Crippen molar-refractivity contribution >= 4 is 5.84 Å². The molecule has 4 nitrogen and oxygen atoms in total. The van der Waals surface area contributed by atoms with Crippen molar-refractivity contribution in [3.8, 4) is 0 Å². The van der Waals surface area contributed by atoms with Gasteiger partial charge in [0.1, 0.15) is 5.84 Å². The van der Waals surface area contributed by atoms with Crippen LogP contribution in [0.4, 0.5) is 0 Å². The second-order valence-corrected chi connectivity index (χ2v) is 5.06. The number of amidine groups is 1. The average molecular weight is 281 g/mol. The molecule has 1 N–H and O–H groups in total. The molecule has 0 spiro atoms. The zero-order valence-corrected chi connectivity index (χ0v) is 12.0. The normalized spacial score (nSPS) is 14.4. The fourth-order valence-corrected chi connectivity index (χ4v) is 2.25. The smallest absolute Gasteiger partial charge is 0.128 e. The summed E-state index contributed by atoms with van der Waals surface area (Å²) >= 11 is 0. The number of nitrogens with one attached hydrogen (secondary N) is 1. The molecule has 1 aromatic carbocycles. The molecule has 3 rings (SSSR count). The van der Waals surface area contributed by atoms with Gasteiger partial charge >= 0.3 is 0 Å². The number of aromatic nitrogens is 1. The predicted molar refractivity (Wildman–Crippen MR) is 83.2 cm³/mol. The van der Waals surface area contributed by atoms with Gasteiger partial charge in [0, 0.05) is 31.0 Å². The van der Waals surface area contributed by atoms with E-state index in [1.165, 1.54) is 5.56 Å². The lowest BCUT2D eigenvalue weighted by Crippen LogP contribution is -2.30. The Morgan fingerprint density at radius 3 is 2.33 bits per heavy atom. The lowest BCUT2D eigenvalue weighted by molar-refractivity contribution is 0.107. The molecular formula is C17H19N3O. The Kier molecular flexibility index (Phi) is 4.59. The standard InChI is InChI=1S/C17H19N3O/c1-8-19-17(20-9-1)16-4-2-14(3-5-16)12-21-13-15-6-10-18-11-7-15/h2-7,10-11H,1,8-9,12-13H2,(H,19,20). The first-order chi connectivity index (χ1) is 10.4. The fourth-order valence-electron chi connectivity index (χ4n) is 2.25. The molecule has 0 unspecified atom stereocenters. The molecule has 2 aromatic rings. The van der Waals surface area contributed by atoms with Crippen LogP contribution in [-0.4, -0.2) is 23.9 Å². The molecular weight excluding hydrogens is 262 g/mol. The van der Waals surface area contributed by atoms with Crippen LogP contribution in [0.5, 0.6) is 0 Å². The van der Waals surface area contributed by atoms with Crippen LogP contribution < -0.4 is 5.32 Å². The molecule has 0 fully saturated rings. The van der Waals surface area contributed by atoms with Crippen LogP contribution in [0.25, 0.3) is 0 Å². The Bertz CT molecular complexity index is 593. The van der Waals surface area contributed by atoms with Gasteiger partial charge < -0.3 is 10.1 Å². The van der Waals surface area contributed by atoms with Crippen molar-refractivity contribution in [1.29, 1.82) is 0 Å². The quantitative estimate of drug-likeness (QED) is 0.916. The van der Waals surface area contributed by atoms with E-state index in [9.17, 15) is 0 Å². The second kappa shape index (κ2) is 6.99. The molecule has 0 saturated heterocycles. The molecule has 1 aliphatic heterocycles. The molecule has 0 saturated carbocycles. The highest BCUT2D eigenvalue weighted by Crippen LogP contribution is 2.09. The van der Waals surface area contributed by atoms with Gasteiger partial charge in [0.15, 0.2) is 0 Å². The molecule has 2 heterocycles. The molecule has 108 valence electrons. The van der Waals surface area contributed by atoms with Gasteiger partial charge in [0.05, 0.1) is 13.2 Å². The summed E-state index contributed by atoms with van der Waals surface area (Å²) in [6, 6.07) is 12.3. The van der Waals surface area contributed by atoms with Crippen LogP contribution in [0.3, 0.4) is 0 Å². The SMILES string of the molecule is c1cc(COCc2ccc(C3=NCCCN3)cc2)ccn1. The maximum absolute atomic E-state index is 5.72. The summed E-state index contributed by atoms with van der Waals surface area (Å²) in [5, 5.41) is 3.33. The summed E-state index contributed by atoms with van der Waals surface area (Å²) in [6.45, 7) is 3.15. The third-order valence-corrected chi connectivity index (χ3v) is 3.41. The van der Waals surface area contributed by atoms with E-state index in [1.807, 2.05) is 12.1 Å². The van der Waals surface area contributed by atoms with Crippen LogP contribution >= 0.6 is 0 Å². The molecule has 0 radical (unpaired) electrons. The Hall–Kier alpha value is -2.20. The van der Waals surface area contributed by atoms with Crippen molar-refractivity contribution in [3.63, 3.8) is 0 Å². The van der Waals surface area contributed by atoms with Crippen molar-refractivity contribution in [2.75, 3.05) is 13.1 Å². The molecule has 0 aliphatic carbocycles. The van der Waals surface area contributed by atoms with E-state index < -0.39 is 0 Å². The molecule has 0 amide bonds. The Labute approximate surface area is 124 Å². The number of ether oxygens (including phenoxy) is 1. The number of aliphatic imine (C=N–C) groups is 1. The molecule has 21 heavy (non-hydrogen) atoms. The summed E-state index contributed by atoms with van der Waals surface area (Å²) in [6.07, 6.45) is 4.68. The number of rotatable bonds is 5. The van der Waals surface area contributed by atoms with Crippen LogP contribution in [0.15, 0.2) is 53.8 Å². The van der Waals surface area contributed by atoms with Crippen LogP contribution in [0, 0.1) is 0 Å². The van der Waals surface area contributed by atoms with Crippen molar-refractivity contribution in [3.05, 3.63) is 65.5 Å². The van der Waals surface area contributed by atoms with Crippen molar-refractivity contribution in [1.82, 2.24) is 10.3 Å².